The normalized spacial score (nSPS) is 13.0. The third kappa shape index (κ3) is 7.07. The van der Waals surface area contributed by atoms with Crippen molar-refractivity contribution in [2.75, 3.05) is 0 Å². The molecule has 266 valence electrons. The van der Waals surface area contributed by atoms with E-state index in [4.69, 9.17) is 40.7 Å². The van der Waals surface area contributed by atoms with Crippen LogP contribution in [0.1, 0.15) is 30.1 Å². The Morgan fingerprint density at radius 3 is 1.91 bits per heavy atom. The molecule has 3 heterocycles. The molecule has 7 heteroatoms. The van der Waals surface area contributed by atoms with Crippen molar-refractivity contribution in [1.29, 1.82) is 0 Å². The van der Waals surface area contributed by atoms with E-state index in [1.165, 1.54) is 0 Å². The first-order valence-corrected chi connectivity index (χ1v) is 18.5. The predicted octanol–water partition coefficient (Wildman–Crippen LogP) is 11.2. The van der Waals surface area contributed by atoms with Gasteiger partial charge in [-0.05, 0) is 53.8 Å². The van der Waals surface area contributed by atoms with E-state index in [0.29, 0.717) is 41.4 Å². The maximum absolute atomic E-state index is 6.41. The van der Waals surface area contributed by atoms with Crippen molar-refractivity contribution in [2.45, 2.75) is 19.3 Å². The number of rotatable bonds is 9. The predicted molar refractivity (Wildman–Crippen MR) is 225 cm³/mol. The first-order valence-electron chi connectivity index (χ1n) is 18.5. The van der Waals surface area contributed by atoms with Gasteiger partial charge in [0.05, 0.1) is 0 Å². The summed E-state index contributed by atoms with van der Waals surface area (Å²) in [6.45, 7) is 0. The lowest BCUT2D eigenvalue weighted by atomic mass is 9.99. The molecule has 0 saturated heterocycles. The molecule has 56 heavy (non-hydrogen) atoms. The van der Waals surface area contributed by atoms with Crippen LogP contribution in [0.5, 0.6) is 0 Å². The monoisotopic (exact) mass is 722 g/mol. The van der Waals surface area contributed by atoms with Crippen LogP contribution < -0.4 is 0 Å². The van der Waals surface area contributed by atoms with Gasteiger partial charge in [0.2, 0.25) is 0 Å². The summed E-state index contributed by atoms with van der Waals surface area (Å²) in [7, 11) is 0. The summed E-state index contributed by atoms with van der Waals surface area (Å²) in [6, 6.07) is 42.1. The maximum atomic E-state index is 6.41. The van der Waals surface area contributed by atoms with E-state index >= 15 is 0 Å². The molecule has 0 saturated carbocycles. The van der Waals surface area contributed by atoms with Gasteiger partial charge < -0.3 is 4.42 Å². The summed E-state index contributed by atoms with van der Waals surface area (Å²) in [5.74, 6) is 6.54. The fourth-order valence-electron chi connectivity index (χ4n) is 6.89. The molecule has 9 rings (SSSR count). The first-order chi connectivity index (χ1) is 27.7. The van der Waals surface area contributed by atoms with Crippen LogP contribution in [0.4, 0.5) is 0 Å². The van der Waals surface area contributed by atoms with Crippen LogP contribution in [0, 0.1) is 12.3 Å². The topological polar surface area (TPSA) is 90.5 Å². The van der Waals surface area contributed by atoms with Gasteiger partial charge in [-0.1, -0.05) is 145 Å². The zero-order valence-electron chi connectivity index (χ0n) is 30.4. The second-order valence-electron chi connectivity index (χ2n) is 13.3. The van der Waals surface area contributed by atoms with Crippen LogP contribution in [0.25, 0.3) is 78.6 Å². The highest BCUT2D eigenvalue weighted by atomic mass is 16.3. The van der Waals surface area contributed by atoms with Crippen molar-refractivity contribution >= 4 is 33.1 Å². The van der Waals surface area contributed by atoms with Crippen molar-refractivity contribution in [1.82, 2.24) is 29.9 Å². The van der Waals surface area contributed by atoms with E-state index in [2.05, 4.69) is 30.2 Å². The lowest BCUT2D eigenvalue weighted by molar-refractivity contribution is 0.669. The Morgan fingerprint density at radius 2 is 1.27 bits per heavy atom. The zero-order chi connectivity index (χ0) is 37.7. The van der Waals surface area contributed by atoms with Crippen molar-refractivity contribution in [3.05, 3.63) is 181 Å². The fraction of sp³-hybridized carbons (Fsp3) is 0.0612. The third-order valence-corrected chi connectivity index (χ3v) is 9.62. The standard InChI is InChI=1S/C49H34N6O/c1-2-17-33(26-15-29-43-50-45(34-18-7-3-8-19-34)52-46(51-43)35-20-9-4-10-21-35)38-30-31-41-40(32-38)44-39(27-16-28-42(44)56-41)49-54-47(36-22-11-5-12-23-36)53-48(55-49)37-24-13-6-14-25-37/h1,3-13,15-24,26-28,30-32H,14,25,29H2/b26-15-,33-17+. The average molecular weight is 723 g/mol. The minimum atomic E-state index is 0.475. The average Bonchev–Trinajstić information content (AvgIpc) is 3.65. The third-order valence-electron chi connectivity index (χ3n) is 9.62. The molecule has 7 nitrogen and oxygen atoms in total. The summed E-state index contributed by atoms with van der Waals surface area (Å²) < 4.78 is 6.41. The van der Waals surface area contributed by atoms with Crippen molar-refractivity contribution < 1.29 is 4.42 Å². The van der Waals surface area contributed by atoms with E-state index in [1.807, 2.05) is 133 Å². The second-order valence-corrected chi connectivity index (χ2v) is 13.3. The zero-order valence-corrected chi connectivity index (χ0v) is 30.4. The highest BCUT2D eigenvalue weighted by Gasteiger charge is 2.19. The molecule has 0 fully saturated rings. The number of hydrogen-bond acceptors (Lipinski definition) is 7. The highest BCUT2D eigenvalue weighted by Crippen LogP contribution is 2.38. The number of benzene rings is 5. The SMILES string of the molecule is C#C/C=C(\C=C/Cc1nc(-c2ccccc2)nc(-c2ccccc2)n1)c1ccc2oc3cccc(-c4nc(C5=CC=CCC5)nc(-c5ccccc5)n4)c3c2c1. The quantitative estimate of drug-likeness (QED) is 0.108. The fourth-order valence-corrected chi connectivity index (χ4v) is 6.89. The molecule has 5 aromatic carbocycles. The van der Waals surface area contributed by atoms with Crippen LogP contribution in [-0.4, -0.2) is 29.9 Å². The number of allylic oxidation sites excluding steroid dienone is 8. The lowest BCUT2D eigenvalue weighted by Crippen LogP contribution is -2.03. The van der Waals surface area contributed by atoms with Gasteiger partial charge in [-0.3, -0.25) is 0 Å². The smallest absolute Gasteiger partial charge is 0.164 e. The number of fused-ring (bicyclic) bond motifs is 3. The van der Waals surface area contributed by atoms with Gasteiger partial charge in [0.25, 0.3) is 0 Å². The summed E-state index contributed by atoms with van der Waals surface area (Å²) in [5, 5.41) is 1.86. The molecular formula is C49H34N6O. The Balaban J connectivity index is 1.10. The summed E-state index contributed by atoms with van der Waals surface area (Å²) in [6.07, 6.45) is 20.3. The lowest BCUT2D eigenvalue weighted by Gasteiger charge is -2.12. The van der Waals surface area contributed by atoms with Crippen molar-refractivity contribution in [2.24, 2.45) is 0 Å². The molecule has 3 aromatic heterocycles. The van der Waals surface area contributed by atoms with E-state index in [-0.39, 0.29) is 0 Å². The summed E-state index contributed by atoms with van der Waals surface area (Å²) >= 11 is 0. The molecule has 1 aliphatic carbocycles. The van der Waals surface area contributed by atoms with Gasteiger partial charge in [0.1, 0.15) is 17.0 Å². The van der Waals surface area contributed by atoms with Crippen LogP contribution in [0.15, 0.2) is 168 Å². The maximum Gasteiger partial charge on any atom is 0.164 e. The van der Waals surface area contributed by atoms with E-state index < -0.39 is 0 Å². The molecule has 0 aliphatic heterocycles. The van der Waals surface area contributed by atoms with Gasteiger partial charge in [0, 0.05) is 39.4 Å². The van der Waals surface area contributed by atoms with E-state index in [9.17, 15) is 0 Å². The molecule has 0 unspecified atom stereocenters. The van der Waals surface area contributed by atoms with Crippen LogP contribution in [-0.2, 0) is 6.42 Å². The molecule has 0 N–H and O–H groups in total. The molecular weight excluding hydrogens is 689 g/mol. The Kier molecular flexibility index (Phi) is 9.43. The van der Waals surface area contributed by atoms with Gasteiger partial charge in [-0.15, -0.1) is 6.42 Å². The van der Waals surface area contributed by atoms with Crippen molar-refractivity contribution in [3.63, 3.8) is 0 Å². The number of furan rings is 1. The summed E-state index contributed by atoms with van der Waals surface area (Å²) in [5.41, 5.74) is 8.04. The van der Waals surface area contributed by atoms with Gasteiger partial charge in [-0.25, -0.2) is 29.9 Å². The number of terminal acetylenes is 1. The molecule has 0 amide bonds. The van der Waals surface area contributed by atoms with Gasteiger partial charge in [-0.2, -0.15) is 0 Å². The Bertz CT molecular complexity index is 2830. The minimum absolute atomic E-state index is 0.475. The molecule has 0 bridgehead atoms. The van der Waals surface area contributed by atoms with Crippen LogP contribution in [0.2, 0.25) is 0 Å². The van der Waals surface area contributed by atoms with Gasteiger partial charge >= 0.3 is 0 Å². The van der Waals surface area contributed by atoms with E-state index in [1.54, 1.807) is 6.08 Å². The van der Waals surface area contributed by atoms with Crippen LogP contribution >= 0.6 is 0 Å². The summed E-state index contributed by atoms with van der Waals surface area (Å²) in [4.78, 5) is 29.5. The molecule has 0 radical (unpaired) electrons. The van der Waals surface area contributed by atoms with Gasteiger partial charge in [0.15, 0.2) is 29.1 Å². The second kappa shape index (κ2) is 15.4. The largest absolute Gasteiger partial charge is 0.456 e. The molecule has 8 aromatic rings. The molecule has 1 aliphatic rings. The highest BCUT2D eigenvalue weighted by molar-refractivity contribution is 6.12. The Morgan fingerprint density at radius 1 is 0.643 bits per heavy atom. The number of aromatic nitrogens is 6. The molecule has 0 spiro atoms. The van der Waals surface area contributed by atoms with Crippen molar-refractivity contribution in [3.8, 4) is 57.9 Å². The number of nitrogens with zero attached hydrogens (tertiary/aromatic N) is 6. The Hall–Kier alpha value is -7.56. The number of hydrogen-bond donors (Lipinski definition) is 0. The van der Waals surface area contributed by atoms with Crippen LogP contribution in [0.3, 0.4) is 0 Å². The van der Waals surface area contributed by atoms with E-state index in [0.717, 1.165) is 73.7 Å². The first kappa shape index (κ1) is 34.2. The molecule has 0 atom stereocenters. The minimum Gasteiger partial charge on any atom is -0.456 e. The Labute approximate surface area is 324 Å².